The zero-order valence-electron chi connectivity index (χ0n) is 17.1. The molecule has 1 unspecified atom stereocenters. The third kappa shape index (κ3) is 3.03. The molecule has 150 valence electrons. The maximum absolute atomic E-state index is 5.90. The lowest BCUT2D eigenvalue weighted by Gasteiger charge is -2.32. The van der Waals surface area contributed by atoms with Crippen molar-refractivity contribution in [3.05, 3.63) is 29.8 Å². The molecule has 0 radical (unpaired) electrons. The predicted molar refractivity (Wildman–Crippen MR) is 110 cm³/mol. The van der Waals surface area contributed by atoms with Gasteiger partial charge in [0.05, 0.1) is 5.69 Å². The molecule has 3 fully saturated rings. The van der Waals surface area contributed by atoms with Gasteiger partial charge in [0.1, 0.15) is 11.6 Å². The van der Waals surface area contributed by atoms with Crippen LogP contribution < -0.4 is 5.73 Å². The van der Waals surface area contributed by atoms with Crippen molar-refractivity contribution in [1.82, 2.24) is 19.4 Å². The van der Waals surface area contributed by atoms with Gasteiger partial charge in [-0.05, 0) is 43.2 Å². The molecule has 0 aromatic carbocycles. The van der Waals surface area contributed by atoms with E-state index >= 15 is 0 Å². The summed E-state index contributed by atoms with van der Waals surface area (Å²) >= 11 is 0. The van der Waals surface area contributed by atoms with Gasteiger partial charge in [-0.1, -0.05) is 13.8 Å². The van der Waals surface area contributed by atoms with Crippen LogP contribution in [0.1, 0.15) is 50.0 Å². The summed E-state index contributed by atoms with van der Waals surface area (Å²) in [5, 5.41) is 0. The van der Waals surface area contributed by atoms with Gasteiger partial charge < -0.3 is 15.0 Å². The number of ether oxygens (including phenoxy) is 1. The van der Waals surface area contributed by atoms with E-state index in [4.69, 9.17) is 15.5 Å². The highest BCUT2D eigenvalue weighted by Crippen LogP contribution is 2.57. The van der Waals surface area contributed by atoms with Crippen LogP contribution in [0.5, 0.6) is 0 Å². The van der Waals surface area contributed by atoms with Crippen molar-refractivity contribution in [1.29, 1.82) is 0 Å². The molecule has 2 aromatic rings. The van der Waals surface area contributed by atoms with Gasteiger partial charge in [0.2, 0.25) is 0 Å². The Morgan fingerprint density at radius 2 is 1.89 bits per heavy atom. The SMILES string of the molecule is Cc1cc(-c2cn(C3[C@H]4CN(C5CCOCC5)C[C@@H]34)c(C(C)C)n2)cnc1N. The van der Waals surface area contributed by atoms with Crippen molar-refractivity contribution in [2.24, 2.45) is 11.8 Å². The third-order valence-electron chi connectivity index (χ3n) is 6.90. The molecule has 6 heteroatoms. The number of fused-ring (bicyclic) bond motifs is 1. The molecule has 0 amide bonds. The van der Waals surface area contributed by atoms with Crippen LogP contribution in [0, 0.1) is 18.8 Å². The first kappa shape index (κ1) is 18.1. The molecular weight excluding hydrogens is 350 g/mol. The Kier molecular flexibility index (Phi) is 4.43. The minimum Gasteiger partial charge on any atom is -0.383 e. The second kappa shape index (κ2) is 6.85. The van der Waals surface area contributed by atoms with Gasteiger partial charge in [-0.3, -0.25) is 4.90 Å². The van der Waals surface area contributed by atoms with E-state index in [1.165, 1.54) is 31.8 Å². The first-order chi connectivity index (χ1) is 13.5. The largest absolute Gasteiger partial charge is 0.383 e. The van der Waals surface area contributed by atoms with E-state index < -0.39 is 0 Å². The third-order valence-corrected chi connectivity index (χ3v) is 6.90. The number of nitrogens with zero attached hydrogens (tertiary/aromatic N) is 4. The average Bonchev–Trinajstić information content (AvgIpc) is 3.06. The van der Waals surface area contributed by atoms with Gasteiger partial charge in [-0.25, -0.2) is 9.97 Å². The summed E-state index contributed by atoms with van der Waals surface area (Å²) in [6.07, 6.45) is 6.49. The first-order valence-corrected chi connectivity index (χ1v) is 10.7. The van der Waals surface area contributed by atoms with Crippen molar-refractivity contribution in [2.45, 2.75) is 51.6 Å². The van der Waals surface area contributed by atoms with Gasteiger partial charge in [0.25, 0.3) is 0 Å². The summed E-state index contributed by atoms with van der Waals surface area (Å²) < 4.78 is 8.01. The van der Waals surface area contributed by atoms with Crippen LogP contribution in [-0.2, 0) is 4.74 Å². The molecule has 6 nitrogen and oxygen atoms in total. The summed E-state index contributed by atoms with van der Waals surface area (Å²) in [5.74, 6) is 3.74. The minimum absolute atomic E-state index is 0.407. The number of pyridine rings is 1. The van der Waals surface area contributed by atoms with Crippen LogP contribution in [0.4, 0.5) is 5.82 Å². The second-order valence-corrected chi connectivity index (χ2v) is 9.09. The molecule has 28 heavy (non-hydrogen) atoms. The molecule has 2 N–H and O–H groups in total. The summed E-state index contributed by atoms with van der Waals surface area (Å²) in [7, 11) is 0. The Bertz CT molecular complexity index is 858. The number of likely N-dealkylation sites (tertiary alicyclic amines) is 1. The summed E-state index contributed by atoms with van der Waals surface area (Å²) in [6, 6.07) is 3.44. The molecule has 3 aliphatic rings. The quantitative estimate of drug-likeness (QED) is 0.880. The second-order valence-electron chi connectivity index (χ2n) is 9.09. The number of nitrogen functional groups attached to an aromatic ring is 1. The first-order valence-electron chi connectivity index (χ1n) is 10.7. The average molecular weight is 382 g/mol. The van der Waals surface area contributed by atoms with Crippen LogP contribution in [-0.4, -0.2) is 51.8 Å². The fourth-order valence-corrected chi connectivity index (χ4v) is 5.23. The van der Waals surface area contributed by atoms with Crippen molar-refractivity contribution in [2.75, 3.05) is 32.0 Å². The number of imidazole rings is 1. The molecule has 3 atom stereocenters. The zero-order valence-corrected chi connectivity index (χ0v) is 17.1. The number of hydrogen-bond donors (Lipinski definition) is 1. The van der Waals surface area contributed by atoms with Crippen LogP contribution in [0.15, 0.2) is 18.5 Å². The standard InChI is InChI=1S/C22H31N5O/c1-13(2)22-25-19(15-8-14(3)21(23)24-9-15)12-27(22)20-17-10-26(11-18(17)20)16-4-6-28-7-5-16/h8-9,12-13,16-18,20H,4-7,10-11H2,1-3H3,(H2,23,24)/t17-,18+,20?. The van der Waals surface area contributed by atoms with Gasteiger partial charge in [0.15, 0.2) is 0 Å². The van der Waals surface area contributed by atoms with Crippen molar-refractivity contribution >= 4 is 5.82 Å². The molecule has 0 bridgehead atoms. The van der Waals surface area contributed by atoms with Gasteiger partial charge >= 0.3 is 0 Å². The van der Waals surface area contributed by atoms with E-state index in [-0.39, 0.29) is 0 Å². The van der Waals surface area contributed by atoms with Crippen molar-refractivity contribution in [3.8, 4) is 11.3 Å². The highest BCUT2D eigenvalue weighted by Gasteiger charge is 2.58. The van der Waals surface area contributed by atoms with E-state index in [2.05, 4.69) is 40.6 Å². The number of piperidine rings is 1. The maximum atomic E-state index is 5.90. The smallest absolute Gasteiger partial charge is 0.126 e. The predicted octanol–water partition coefficient (Wildman–Crippen LogP) is 3.24. The summed E-state index contributed by atoms with van der Waals surface area (Å²) in [5.41, 5.74) is 8.98. The lowest BCUT2D eigenvalue weighted by atomic mass is 10.1. The van der Waals surface area contributed by atoms with Crippen LogP contribution >= 0.6 is 0 Å². The number of aromatic nitrogens is 3. The highest BCUT2D eigenvalue weighted by molar-refractivity contribution is 5.61. The Labute approximate surface area is 167 Å². The Morgan fingerprint density at radius 3 is 2.54 bits per heavy atom. The Morgan fingerprint density at radius 1 is 1.18 bits per heavy atom. The van der Waals surface area contributed by atoms with E-state index in [9.17, 15) is 0 Å². The minimum atomic E-state index is 0.407. The van der Waals surface area contributed by atoms with Crippen LogP contribution in [0.3, 0.4) is 0 Å². The number of rotatable bonds is 4. The molecule has 1 saturated carbocycles. The highest BCUT2D eigenvalue weighted by atomic mass is 16.5. The normalized spacial score (nSPS) is 28.1. The van der Waals surface area contributed by atoms with Gasteiger partial charge in [-0.15, -0.1) is 0 Å². The van der Waals surface area contributed by atoms with Crippen LogP contribution in [0.25, 0.3) is 11.3 Å². The summed E-state index contributed by atoms with van der Waals surface area (Å²) in [4.78, 5) is 12.0. The van der Waals surface area contributed by atoms with Crippen molar-refractivity contribution in [3.63, 3.8) is 0 Å². The monoisotopic (exact) mass is 381 g/mol. The molecule has 1 aliphatic carbocycles. The summed E-state index contributed by atoms with van der Waals surface area (Å²) in [6.45, 7) is 10.8. The van der Waals surface area contributed by atoms with E-state index in [0.29, 0.717) is 17.8 Å². The molecule has 4 heterocycles. The molecule has 2 aliphatic heterocycles. The molecular formula is C22H31N5O. The molecule has 2 aromatic heterocycles. The number of anilines is 1. The molecule has 0 spiro atoms. The van der Waals surface area contributed by atoms with Crippen molar-refractivity contribution < 1.29 is 4.74 Å². The lowest BCUT2D eigenvalue weighted by Crippen LogP contribution is -2.39. The molecule has 5 rings (SSSR count). The number of aryl methyl sites for hydroxylation is 1. The number of nitrogens with two attached hydrogens (primary N) is 1. The lowest BCUT2D eigenvalue weighted by molar-refractivity contribution is 0.0370. The van der Waals surface area contributed by atoms with Gasteiger partial charge in [0, 0.05) is 62.3 Å². The Hall–Kier alpha value is -1.92. The fraction of sp³-hybridized carbons (Fsp3) is 0.636. The van der Waals surface area contributed by atoms with Crippen LogP contribution in [0.2, 0.25) is 0 Å². The molecule has 2 saturated heterocycles. The van der Waals surface area contributed by atoms with E-state index in [1.807, 2.05) is 13.1 Å². The fourth-order valence-electron chi connectivity index (χ4n) is 5.23. The van der Waals surface area contributed by atoms with Gasteiger partial charge in [-0.2, -0.15) is 0 Å². The zero-order chi connectivity index (χ0) is 19.4. The topological polar surface area (TPSA) is 69.2 Å². The van der Waals surface area contributed by atoms with E-state index in [0.717, 1.165) is 47.9 Å². The maximum Gasteiger partial charge on any atom is 0.126 e. The number of hydrogen-bond acceptors (Lipinski definition) is 5. The Balaban J connectivity index is 1.36. The van der Waals surface area contributed by atoms with E-state index in [1.54, 1.807) is 0 Å².